The summed E-state index contributed by atoms with van der Waals surface area (Å²) in [4.78, 5) is 0. The predicted octanol–water partition coefficient (Wildman–Crippen LogP) is 5.06. The highest BCUT2D eigenvalue weighted by Gasteiger charge is 2.08. The fraction of sp³-hybridized carbons (Fsp3) is 0.143. The molecule has 0 spiro atoms. The Bertz CT molecular complexity index is 554. The van der Waals surface area contributed by atoms with E-state index in [1.54, 1.807) is 0 Å². The first-order valence-corrected chi connectivity index (χ1v) is 6.73. The molecular formula is C14H14BrCl2NO. The second-order valence-electron chi connectivity index (χ2n) is 3.81. The maximum atomic E-state index is 6.18. The van der Waals surface area contributed by atoms with Gasteiger partial charge in [-0.1, -0.05) is 33.6 Å². The third-order valence-corrected chi connectivity index (χ3v) is 3.25. The smallest absolute Gasteiger partial charge is 0.135 e. The lowest BCUT2D eigenvalue weighted by atomic mass is 10.2. The van der Waals surface area contributed by atoms with Gasteiger partial charge in [-0.25, -0.2) is 0 Å². The Morgan fingerprint density at radius 3 is 2.79 bits per heavy atom. The summed E-state index contributed by atoms with van der Waals surface area (Å²) < 4.78 is 6.69. The van der Waals surface area contributed by atoms with Gasteiger partial charge in [0.1, 0.15) is 11.5 Å². The third kappa shape index (κ3) is 4.39. The van der Waals surface area contributed by atoms with Gasteiger partial charge >= 0.3 is 0 Å². The lowest BCUT2D eigenvalue weighted by Gasteiger charge is -2.02. The fourth-order valence-electron chi connectivity index (χ4n) is 1.60. The summed E-state index contributed by atoms with van der Waals surface area (Å²) in [5.41, 5.74) is 0.898. The molecule has 0 aliphatic carbocycles. The van der Waals surface area contributed by atoms with Crippen molar-refractivity contribution in [3.63, 3.8) is 0 Å². The number of furan rings is 1. The van der Waals surface area contributed by atoms with E-state index in [9.17, 15) is 0 Å². The minimum atomic E-state index is 0. The van der Waals surface area contributed by atoms with E-state index in [1.807, 2.05) is 36.4 Å². The number of halogens is 3. The van der Waals surface area contributed by atoms with Crippen LogP contribution >= 0.6 is 39.9 Å². The Morgan fingerprint density at radius 2 is 2.11 bits per heavy atom. The van der Waals surface area contributed by atoms with Crippen LogP contribution in [0.5, 0.6) is 0 Å². The van der Waals surface area contributed by atoms with Crippen molar-refractivity contribution in [1.29, 1.82) is 0 Å². The first kappa shape index (κ1) is 16.3. The molecule has 19 heavy (non-hydrogen) atoms. The van der Waals surface area contributed by atoms with Crippen LogP contribution in [-0.4, -0.2) is 6.54 Å². The molecule has 0 unspecified atom stereocenters. The van der Waals surface area contributed by atoms with E-state index in [2.05, 4.69) is 27.8 Å². The van der Waals surface area contributed by atoms with Crippen LogP contribution in [0.25, 0.3) is 11.3 Å². The van der Waals surface area contributed by atoms with E-state index < -0.39 is 0 Å². The van der Waals surface area contributed by atoms with E-state index in [4.69, 9.17) is 16.0 Å². The molecule has 0 saturated heterocycles. The van der Waals surface area contributed by atoms with Gasteiger partial charge in [0.2, 0.25) is 0 Å². The first-order chi connectivity index (χ1) is 8.70. The van der Waals surface area contributed by atoms with Crippen LogP contribution in [0.4, 0.5) is 0 Å². The zero-order chi connectivity index (χ0) is 13.0. The Hall–Kier alpha value is -0.740. The highest BCUT2D eigenvalue weighted by atomic mass is 79.9. The van der Waals surface area contributed by atoms with Crippen molar-refractivity contribution in [3.8, 4) is 11.3 Å². The molecule has 0 radical (unpaired) electrons. The normalized spacial score (nSPS) is 10.0. The fourth-order valence-corrected chi connectivity index (χ4v) is 2.37. The molecule has 1 heterocycles. The molecule has 5 heteroatoms. The van der Waals surface area contributed by atoms with Crippen LogP contribution in [0.15, 0.2) is 51.9 Å². The van der Waals surface area contributed by atoms with Crippen LogP contribution in [-0.2, 0) is 6.54 Å². The summed E-state index contributed by atoms with van der Waals surface area (Å²) in [6.07, 6.45) is 1.81. The second kappa shape index (κ2) is 7.75. The molecule has 0 saturated carbocycles. The minimum absolute atomic E-state index is 0. The minimum Gasteiger partial charge on any atom is -0.460 e. The van der Waals surface area contributed by atoms with E-state index in [0.717, 1.165) is 28.1 Å². The molecule has 0 aliphatic rings. The van der Waals surface area contributed by atoms with E-state index in [0.29, 0.717) is 11.6 Å². The molecule has 1 aromatic heterocycles. The topological polar surface area (TPSA) is 25.2 Å². The summed E-state index contributed by atoms with van der Waals surface area (Å²) in [5.74, 6) is 1.66. The summed E-state index contributed by atoms with van der Waals surface area (Å²) in [5, 5.41) is 3.86. The number of hydrogen-bond donors (Lipinski definition) is 1. The highest BCUT2D eigenvalue weighted by Crippen LogP contribution is 2.31. The molecule has 0 fully saturated rings. The maximum Gasteiger partial charge on any atom is 0.135 e. The largest absolute Gasteiger partial charge is 0.460 e. The first-order valence-electron chi connectivity index (χ1n) is 5.56. The van der Waals surface area contributed by atoms with Gasteiger partial charge in [-0.2, -0.15) is 0 Å². The summed E-state index contributed by atoms with van der Waals surface area (Å²) in [7, 11) is 0. The molecule has 2 nitrogen and oxygen atoms in total. The average Bonchev–Trinajstić information content (AvgIpc) is 2.78. The molecule has 102 valence electrons. The predicted molar refractivity (Wildman–Crippen MR) is 86.0 cm³/mol. The summed E-state index contributed by atoms with van der Waals surface area (Å²) in [6, 6.07) is 9.62. The van der Waals surface area contributed by atoms with Crippen molar-refractivity contribution in [3.05, 3.63) is 58.2 Å². The second-order valence-corrected chi connectivity index (χ2v) is 5.13. The SMILES string of the molecule is C=CCNCc1ccc(-c2ccc(Br)cc2Cl)o1.Cl. The van der Waals surface area contributed by atoms with Gasteiger partial charge in [-0.3, -0.25) is 0 Å². The van der Waals surface area contributed by atoms with Crippen molar-refractivity contribution in [2.45, 2.75) is 6.54 Å². The van der Waals surface area contributed by atoms with Crippen molar-refractivity contribution >= 4 is 39.9 Å². The van der Waals surface area contributed by atoms with E-state index >= 15 is 0 Å². The molecule has 0 aliphatic heterocycles. The van der Waals surface area contributed by atoms with Crippen LogP contribution in [0.2, 0.25) is 5.02 Å². The Morgan fingerprint density at radius 1 is 1.32 bits per heavy atom. The van der Waals surface area contributed by atoms with Crippen molar-refractivity contribution in [2.75, 3.05) is 6.54 Å². The van der Waals surface area contributed by atoms with E-state index in [1.165, 1.54) is 0 Å². The van der Waals surface area contributed by atoms with Crippen molar-refractivity contribution in [2.24, 2.45) is 0 Å². The Labute approximate surface area is 132 Å². The molecule has 2 aromatic rings. The van der Waals surface area contributed by atoms with Crippen LogP contribution in [0, 0.1) is 0 Å². The van der Waals surface area contributed by atoms with Gasteiger partial charge in [-0.05, 0) is 30.3 Å². The van der Waals surface area contributed by atoms with Gasteiger partial charge in [0, 0.05) is 16.6 Å². The van der Waals surface area contributed by atoms with Crippen LogP contribution in [0.3, 0.4) is 0 Å². The van der Waals surface area contributed by atoms with Gasteiger partial charge in [0.05, 0.1) is 11.6 Å². The van der Waals surface area contributed by atoms with Crippen LogP contribution in [0.1, 0.15) is 5.76 Å². The number of hydrogen-bond acceptors (Lipinski definition) is 2. The number of nitrogens with one attached hydrogen (secondary N) is 1. The highest BCUT2D eigenvalue weighted by molar-refractivity contribution is 9.10. The Kier molecular flexibility index (Phi) is 6.66. The van der Waals surface area contributed by atoms with Gasteiger partial charge in [0.15, 0.2) is 0 Å². The molecule has 2 rings (SSSR count). The lowest BCUT2D eigenvalue weighted by Crippen LogP contribution is -2.11. The molecule has 0 bridgehead atoms. The monoisotopic (exact) mass is 361 g/mol. The number of rotatable bonds is 5. The lowest BCUT2D eigenvalue weighted by molar-refractivity contribution is 0.502. The molecule has 0 atom stereocenters. The van der Waals surface area contributed by atoms with Crippen LogP contribution < -0.4 is 5.32 Å². The van der Waals surface area contributed by atoms with Gasteiger partial charge < -0.3 is 9.73 Å². The molecule has 1 aromatic carbocycles. The van der Waals surface area contributed by atoms with Crippen molar-refractivity contribution in [1.82, 2.24) is 5.32 Å². The zero-order valence-electron chi connectivity index (χ0n) is 10.2. The van der Waals surface area contributed by atoms with Gasteiger partial charge in [-0.15, -0.1) is 19.0 Å². The number of benzene rings is 1. The molecular weight excluding hydrogens is 349 g/mol. The molecule has 1 N–H and O–H groups in total. The quantitative estimate of drug-likeness (QED) is 0.594. The molecule has 0 amide bonds. The average molecular weight is 363 g/mol. The maximum absolute atomic E-state index is 6.18. The Balaban J connectivity index is 0.00000180. The van der Waals surface area contributed by atoms with Crippen molar-refractivity contribution < 1.29 is 4.42 Å². The summed E-state index contributed by atoms with van der Waals surface area (Å²) in [6.45, 7) is 5.09. The summed E-state index contributed by atoms with van der Waals surface area (Å²) >= 11 is 9.56. The van der Waals surface area contributed by atoms with E-state index in [-0.39, 0.29) is 12.4 Å². The van der Waals surface area contributed by atoms with Gasteiger partial charge in [0.25, 0.3) is 0 Å². The zero-order valence-corrected chi connectivity index (χ0v) is 13.3. The standard InChI is InChI=1S/C14H13BrClNO.ClH/c1-2-7-17-9-11-4-6-14(18-11)12-5-3-10(15)8-13(12)16;/h2-6,8,17H,1,7,9H2;1H. The third-order valence-electron chi connectivity index (χ3n) is 2.45.